The first kappa shape index (κ1) is 11.9. The lowest BCUT2D eigenvalue weighted by Gasteiger charge is -2.41. The van der Waals surface area contributed by atoms with Gasteiger partial charge in [0.05, 0.1) is 5.69 Å². The van der Waals surface area contributed by atoms with E-state index < -0.39 is 5.54 Å². The lowest BCUT2D eigenvalue weighted by atomic mass is 9.96. The zero-order valence-electron chi connectivity index (χ0n) is 10.5. The first-order chi connectivity index (χ1) is 7.84. The third-order valence-corrected chi connectivity index (χ3v) is 2.94. The van der Waals surface area contributed by atoms with Gasteiger partial charge in [0.1, 0.15) is 17.0 Å². The largest absolute Gasteiger partial charge is 0.370 e. The second kappa shape index (κ2) is 3.72. The number of halogens is 1. The molecular weight excluding hydrogens is 219 g/mol. The molecule has 4 heteroatoms. The molecule has 0 saturated heterocycles. The smallest absolute Gasteiger partial charge is 0.252 e. The van der Waals surface area contributed by atoms with Crippen molar-refractivity contribution in [3.8, 4) is 0 Å². The standard InChI is InChI=1S/C13H17FN2O/c1-8(2)16-11-9(14)6-5-7-10(11)15-13(3,4)12(16)17/h5-8,15H,1-4H3. The van der Waals surface area contributed by atoms with Crippen LogP contribution in [0.3, 0.4) is 0 Å². The van der Waals surface area contributed by atoms with Crippen LogP contribution < -0.4 is 10.2 Å². The highest BCUT2D eigenvalue weighted by atomic mass is 19.1. The topological polar surface area (TPSA) is 32.3 Å². The Balaban J connectivity index is 2.64. The zero-order valence-corrected chi connectivity index (χ0v) is 10.5. The van der Waals surface area contributed by atoms with E-state index in [9.17, 15) is 9.18 Å². The number of fused-ring (bicyclic) bond motifs is 1. The van der Waals surface area contributed by atoms with E-state index in [4.69, 9.17) is 0 Å². The minimum absolute atomic E-state index is 0.0699. The minimum Gasteiger partial charge on any atom is -0.370 e. The molecule has 17 heavy (non-hydrogen) atoms. The Morgan fingerprint density at radius 1 is 1.35 bits per heavy atom. The number of benzene rings is 1. The van der Waals surface area contributed by atoms with Crippen molar-refractivity contribution in [1.82, 2.24) is 0 Å². The molecule has 3 nitrogen and oxygen atoms in total. The molecule has 1 amide bonds. The number of nitrogens with one attached hydrogen (secondary N) is 1. The van der Waals surface area contributed by atoms with Crippen LogP contribution in [-0.2, 0) is 4.79 Å². The number of anilines is 2. The molecule has 0 aromatic heterocycles. The van der Waals surface area contributed by atoms with E-state index in [-0.39, 0.29) is 17.8 Å². The van der Waals surface area contributed by atoms with Gasteiger partial charge < -0.3 is 10.2 Å². The van der Waals surface area contributed by atoms with E-state index >= 15 is 0 Å². The average Bonchev–Trinajstić information content (AvgIpc) is 2.20. The molecule has 1 aliphatic rings. The van der Waals surface area contributed by atoms with Crippen molar-refractivity contribution >= 4 is 17.3 Å². The van der Waals surface area contributed by atoms with Crippen LogP contribution in [0.15, 0.2) is 18.2 Å². The number of carbonyl (C=O) groups excluding carboxylic acids is 1. The molecule has 0 radical (unpaired) electrons. The van der Waals surface area contributed by atoms with Crippen LogP contribution in [0.5, 0.6) is 0 Å². The summed E-state index contributed by atoms with van der Waals surface area (Å²) in [5.41, 5.74) is 0.320. The van der Waals surface area contributed by atoms with Gasteiger partial charge in [-0.1, -0.05) is 6.07 Å². The molecule has 0 aliphatic carbocycles. The molecular formula is C13H17FN2O. The summed E-state index contributed by atoms with van der Waals surface area (Å²) < 4.78 is 13.9. The number of amides is 1. The first-order valence-corrected chi connectivity index (χ1v) is 5.75. The summed E-state index contributed by atoms with van der Waals surface area (Å²) in [4.78, 5) is 13.8. The highest BCUT2D eigenvalue weighted by Crippen LogP contribution is 2.38. The van der Waals surface area contributed by atoms with E-state index in [0.717, 1.165) is 0 Å². The van der Waals surface area contributed by atoms with Crippen molar-refractivity contribution in [1.29, 1.82) is 0 Å². The monoisotopic (exact) mass is 236 g/mol. The van der Waals surface area contributed by atoms with Gasteiger partial charge in [-0.2, -0.15) is 0 Å². The van der Waals surface area contributed by atoms with Gasteiger partial charge in [-0.3, -0.25) is 4.79 Å². The van der Waals surface area contributed by atoms with Crippen molar-refractivity contribution in [2.75, 3.05) is 10.2 Å². The molecule has 1 N–H and O–H groups in total. The van der Waals surface area contributed by atoms with E-state index in [0.29, 0.717) is 11.4 Å². The number of carbonyl (C=O) groups is 1. The van der Waals surface area contributed by atoms with Gasteiger partial charge in [0.25, 0.3) is 5.91 Å². The van der Waals surface area contributed by atoms with Gasteiger partial charge >= 0.3 is 0 Å². The van der Waals surface area contributed by atoms with Crippen molar-refractivity contribution < 1.29 is 9.18 Å². The van der Waals surface area contributed by atoms with Crippen LogP contribution in [0.25, 0.3) is 0 Å². The predicted molar refractivity (Wildman–Crippen MR) is 66.7 cm³/mol. The third-order valence-electron chi connectivity index (χ3n) is 2.94. The Morgan fingerprint density at radius 2 is 2.00 bits per heavy atom. The van der Waals surface area contributed by atoms with Gasteiger partial charge in [-0.05, 0) is 39.8 Å². The maximum Gasteiger partial charge on any atom is 0.252 e. The normalized spacial score (nSPS) is 18.0. The number of nitrogens with zero attached hydrogens (tertiary/aromatic N) is 1. The van der Waals surface area contributed by atoms with E-state index in [1.54, 1.807) is 26.0 Å². The molecule has 2 rings (SSSR count). The molecule has 92 valence electrons. The average molecular weight is 236 g/mol. The van der Waals surface area contributed by atoms with Gasteiger partial charge in [-0.15, -0.1) is 0 Å². The lowest BCUT2D eigenvalue weighted by Crippen LogP contribution is -2.56. The fraction of sp³-hybridized carbons (Fsp3) is 0.462. The molecule has 0 spiro atoms. The molecule has 0 unspecified atom stereocenters. The van der Waals surface area contributed by atoms with Crippen LogP contribution in [0.2, 0.25) is 0 Å². The molecule has 0 fully saturated rings. The van der Waals surface area contributed by atoms with Gasteiger partial charge in [0.15, 0.2) is 0 Å². The molecule has 0 bridgehead atoms. The predicted octanol–water partition coefficient (Wildman–Crippen LogP) is 2.77. The maximum atomic E-state index is 13.9. The van der Waals surface area contributed by atoms with Crippen LogP contribution in [0.4, 0.5) is 15.8 Å². The number of hydrogen-bond donors (Lipinski definition) is 1. The van der Waals surface area contributed by atoms with Gasteiger partial charge in [-0.25, -0.2) is 4.39 Å². The third kappa shape index (κ3) is 1.77. The summed E-state index contributed by atoms with van der Waals surface area (Å²) in [6, 6.07) is 4.74. The summed E-state index contributed by atoms with van der Waals surface area (Å²) in [6.45, 7) is 7.38. The van der Waals surface area contributed by atoms with Crippen LogP contribution in [-0.4, -0.2) is 17.5 Å². The first-order valence-electron chi connectivity index (χ1n) is 5.75. The van der Waals surface area contributed by atoms with Crippen LogP contribution >= 0.6 is 0 Å². The second-order valence-corrected chi connectivity index (χ2v) is 5.15. The van der Waals surface area contributed by atoms with Gasteiger partial charge in [0.2, 0.25) is 0 Å². The fourth-order valence-electron chi connectivity index (χ4n) is 2.15. The zero-order chi connectivity index (χ0) is 12.8. The number of para-hydroxylation sites is 1. The molecule has 1 aromatic rings. The maximum absolute atomic E-state index is 13.9. The van der Waals surface area contributed by atoms with Crippen LogP contribution in [0, 0.1) is 5.82 Å². The molecule has 1 aromatic carbocycles. The SMILES string of the molecule is CC(C)N1C(=O)C(C)(C)Nc2cccc(F)c21. The fourth-order valence-corrected chi connectivity index (χ4v) is 2.15. The number of hydrogen-bond acceptors (Lipinski definition) is 2. The Bertz CT molecular complexity index is 468. The highest BCUT2D eigenvalue weighted by Gasteiger charge is 2.40. The molecule has 1 aliphatic heterocycles. The summed E-state index contributed by atoms with van der Waals surface area (Å²) >= 11 is 0. The number of rotatable bonds is 1. The lowest BCUT2D eigenvalue weighted by molar-refractivity contribution is -0.122. The molecule has 1 heterocycles. The van der Waals surface area contributed by atoms with E-state index in [1.165, 1.54) is 11.0 Å². The summed E-state index contributed by atoms with van der Waals surface area (Å²) in [5, 5.41) is 3.08. The quantitative estimate of drug-likeness (QED) is 0.813. The van der Waals surface area contributed by atoms with Crippen molar-refractivity contribution in [2.45, 2.75) is 39.3 Å². The Kier molecular flexibility index (Phi) is 2.60. The van der Waals surface area contributed by atoms with Crippen LogP contribution in [0.1, 0.15) is 27.7 Å². The van der Waals surface area contributed by atoms with Gasteiger partial charge in [0, 0.05) is 6.04 Å². The Morgan fingerprint density at radius 3 is 2.59 bits per heavy atom. The molecule has 0 atom stereocenters. The van der Waals surface area contributed by atoms with Crippen molar-refractivity contribution in [2.24, 2.45) is 0 Å². The van der Waals surface area contributed by atoms with E-state index in [1.807, 2.05) is 13.8 Å². The van der Waals surface area contributed by atoms with E-state index in [2.05, 4.69) is 5.32 Å². The highest BCUT2D eigenvalue weighted by molar-refractivity contribution is 6.07. The second-order valence-electron chi connectivity index (χ2n) is 5.15. The summed E-state index contributed by atoms with van der Waals surface area (Å²) in [7, 11) is 0. The Hall–Kier alpha value is -1.58. The minimum atomic E-state index is -0.703. The van der Waals surface area contributed by atoms with Crippen molar-refractivity contribution in [3.05, 3.63) is 24.0 Å². The molecule has 0 saturated carbocycles. The summed E-state index contributed by atoms with van der Waals surface area (Å²) in [5.74, 6) is -0.474. The Labute approximate surface area is 101 Å². The summed E-state index contributed by atoms with van der Waals surface area (Å²) in [6.07, 6.45) is 0. The van der Waals surface area contributed by atoms with Crippen molar-refractivity contribution in [3.63, 3.8) is 0 Å².